The number of carbonyl (C=O) groups is 2. The molecular formula is C15H23NO4S. The molecular weight excluding hydrogens is 290 g/mol. The molecule has 21 heavy (non-hydrogen) atoms. The predicted octanol–water partition coefficient (Wildman–Crippen LogP) is 4.18. The molecule has 0 unspecified atom stereocenters. The van der Waals surface area contributed by atoms with Gasteiger partial charge < -0.3 is 9.47 Å². The van der Waals surface area contributed by atoms with Crippen molar-refractivity contribution in [3.8, 4) is 0 Å². The molecule has 118 valence electrons. The summed E-state index contributed by atoms with van der Waals surface area (Å²) in [6, 6.07) is 1.80. The van der Waals surface area contributed by atoms with Crippen molar-refractivity contribution in [3.63, 3.8) is 0 Å². The van der Waals surface area contributed by atoms with Crippen molar-refractivity contribution in [2.45, 2.75) is 46.0 Å². The van der Waals surface area contributed by atoms with Crippen LogP contribution in [0.15, 0.2) is 6.07 Å². The fraction of sp³-hybridized carbons (Fsp3) is 0.600. The first-order chi connectivity index (χ1) is 9.79. The second-order valence-electron chi connectivity index (χ2n) is 5.71. The van der Waals surface area contributed by atoms with E-state index in [2.05, 4.69) is 5.32 Å². The van der Waals surface area contributed by atoms with Crippen LogP contribution in [0.1, 0.15) is 55.1 Å². The molecule has 1 heterocycles. The van der Waals surface area contributed by atoms with Gasteiger partial charge >= 0.3 is 12.1 Å². The molecule has 0 saturated carbocycles. The number of esters is 1. The van der Waals surface area contributed by atoms with Crippen molar-refractivity contribution in [2.75, 3.05) is 19.0 Å². The topological polar surface area (TPSA) is 64.6 Å². The first-order valence-electron chi connectivity index (χ1n) is 6.96. The summed E-state index contributed by atoms with van der Waals surface area (Å²) in [6.07, 6.45) is 1.22. The van der Waals surface area contributed by atoms with E-state index in [1.165, 1.54) is 18.4 Å². The third kappa shape index (κ3) is 5.04. The van der Waals surface area contributed by atoms with E-state index in [1.807, 2.05) is 27.7 Å². The Kier molecular flexibility index (Phi) is 6.20. The molecule has 6 heteroatoms. The smallest absolute Gasteiger partial charge is 0.411 e. The van der Waals surface area contributed by atoms with E-state index in [9.17, 15) is 9.59 Å². The van der Waals surface area contributed by atoms with Crippen molar-refractivity contribution in [1.29, 1.82) is 0 Å². The molecule has 0 aromatic carbocycles. The highest BCUT2D eigenvalue weighted by Crippen LogP contribution is 2.35. The number of hydrogen-bond donors (Lipinski definition) is 1. The standard InChI is InChI=1S/C15H23NO4S/c1-6-7-8-20-14(18)16-10-9-11(15(2,3)4)21-12(10)13(17)19-5/h9H,6-8H2,1-5H3,(H,16,18). The van der Waals surface area contributed by atoms with Crippen LogP contribution in [0.4, 0.5) is 10.5 Å². The summed E-state index contributed by atoms with van der Waals surface area (Å²) >= 11 is 1.32. The lowest BCUT2D eigenvalue weighted by Crippen LogP contribution is -2.16. The number of anilines is 1. The van der Waals surface area contributed by atoms with Gasteiger partial charge in [-0.05, 0) is 17.9 Å². The first-order valence-corrected chi connectivity index (χ1v) is 7.77. The second kappa shape index (κ2) is 7.45. The molecule has 0 atom stereocenters. The van der Waals surface area contributed by atoms with Gasteiger partial charge in [-0.25, -0.2) is 9.59 Å². The zero-order valence-electron chi connectivity index (χ0n) is 13.2. The van der Waals surface area contributed by atoms with E-state index in [-0.39, 0.29) is 5.41 Å². The Hall–Kier alpha value is -1.56. The average Bonchev–Trinajstić information content (AvgIpc) is 2.82. The van der Waals surface area contributed by atoms with Crippen LogP contribution in [-0.2, 0) is 14.9 Å². The van der Waals surface area contributed by atoms with Crippen LogP contribution in [0, 0.1) is 0 Å². The normalized spacial score (nSPS) is 11.1. The highest BCUT2D eigenvalue weighted by Gasteiger charge is 2.24. The molecule has 0 aliphatic heterocycles. The van der Waals surface area contributed by atoms with Crippen molar-refractivity contribution in [1.82, 2.24) is 0 Å². The van der Waals surface area contributed by atoms with Crippen LogP contribution in [0.25, 0.3) is 0 Å². The van der Waals surface area contributed by atoms with Crippen molar-refractivity contribution in [3.05, 3.63) is 15.8 Å². The van der Waals surface area contributed by atoms with Gasteiger partial charge in [0.1, 0.15) is 4.88 Å². The number of carbonyl (C=O) groups excluding carboxylic acids is 2. The maximum atomic E-state index is 11.8. The number of hydrogen-bond acceptors (Lipinski definition) is 5. The van der Waals surface area contributed by atoms with Gasteiger partial charge in [-0.2, -0.15) is 0 Å². The molecule has 0 saturated heterocycles. The minimum absolute atomic E-state index is 0.112. The number of thiophene rings is 1. The van der Waals surface area contributed by atoms with Crippen LogP contribution >= 0.6 is 11.3 Å². The predicted molar refractivity (Wildman–Crippen MR) is 84.2 cm³/mol. The Balaban J connectivity index is 2.91. The Morgan fingerprint density at radius 1 is 1.33 bits per heavy atom. The summed E-state index contributed by atoms with van der Waals surface area (Å²) in [5, 5.41) is 2.63. The van der Waals surface area contributed by atoms with Gasteiger partial charge in [0.2, 0.25) is 0 Å². The molecule has 0 aliphatic rings. The molecule has 0 aliphatic carbocycles. The van der Waals surface area contributed by atoms with Gasteiger partial charge in [-0.3, -0.25) is 5.32 Å². The molecule has 0 bridgehead atoms. The largest absolute Gasteiger partial charge is 0.465 e. The summed E-state index contributed by atoms with van der Waals surface area (Å²) < 4.78 is 9.81. The third-order valence-corrected chi connectivity index (χ3v) is 4.35. The number of ether oxygens (including phenoxy) is 2. The Labute approximate surface area is 129 Å². The Morgan fingerprint density at radius 2 is 2.00 bits per heavy atom. The lowest BCUT2D eigenvalue weighted by atomic mass is 9.94. The molecule has 1 aromatic rings. The molecule has 1 N–H and O–H groups in total. The van der Waals surface area contributed by atoms with E-state index >= 15 is 0 Å². The van der Waals surface area contributed by atoms with Gasteiger partial charge in [0, 0.05) is 4.88 Å². The van der Waals surface area contributed by atoms with Crippen molar-refractivity contribution >= 4 is 29.1 Å². The van der Waals surface area contributed by atoms with Crippen LogP contribution < -0.4 is 5.32 Å². The van der Waals surface area contributed by atoms with Gasteiger partial charge in [0.15, 0.2) is 0 Å². The average molecular weight is 313 g/mol. The summed E-state index contributed by atoms with van der Waals surface area (Å²) in [7, 11) is 1.32. The first kappa shape index (κ1) is 17.5. The highest BCUT2D eigenvalue weighted by molar-refractivity contribution is 7.14. The zero-order valence-corrected chi connectivity index (χ0v) is 14.1. The second-order valence-corrected chi connectivity index (χ2v) is 6.76. The van der Waals surface area contributed by atoms with Crippen LogP contribution in [-0.4, -0.2) is 25.8 Å². The lowest BCUT2D eigenvalue weighted by Gasteiger charge is -2.15. The van der Waals surface area contributed by atoms with Gasteiger partial charge in [-0.15, -0.1) is 11.3 Å². The zero-order chi connectivity index (χ0) is 16.0. The fourth-order valence-corrected chi connectivity index (χ4v) is 2.64. The van der Waals surface area contributed by atoms with Crippen molar-refractivity contribution in [2.24, 2.45) is 0 Å². The minimum atomic E-state index is -0.549. The molecule has 1 aromatic heterocycles. The molecule has 0 fully saturated rings. The maximum absolute atomic E-state index is 11.8. The monoisotopic (exact) mass is 313 g/mol. The lowest BCUT2D eigenvalue weighted by molar-refractivity contribution is 0.0607. The van der Waals surface area contributed by atoms with Crippen LogP contribution in [0.2, 0.25) is 0 Å². The Bertz CT molecular complexity index is 502. The highest BCUT2D eigenvalue weighted by atomic mass is 32.1. The van der Waals surface area contributed by atoms with Crippen LogP contribution in [0.5, 0.6) is 0 Å². The van der Waals surface area contributed by atoms with E-state index in [1.54, 1.807) is 6.07 Å². The summed E-state index contributed by atoms with van der Waals surface area (Å²) in [6.45, 7) is 8.52. The number of nitrogens with one attached hydrogen (secondary N) is 1. The Morgan fingerprint density at radius 3 is 2.52 bits per heavy atom. The summed E-state index contributed by atoms with van der Waals surface area (Å²) in [5.74, 6) is -0.459. The molecule has 1 amide bonds. The molecule has 1 rings (SSSR count). The van der Waals surface area contributed by atoms with E-state index < -0.39 is 12.1 Å². The van der Waals surface area contributed by atoms with E-state index in [0.29, 0.717) is 17.2 Å². The number of methoxy groups -OCH3 is 1. The van der Waals surface area contributed by atoms with Crippen LogP contribution in [0.3, 0.4) is 0 Å². The number of rotatable bonds is 5. The minimum Gasteiger partial charge on any atom is -0.465 e. The SMILES string of the molecule is CCCCOC(=O)Nc1cc(C(C)(C)C)sc1C(=O)OC. The van der Waals surface area contributed by atoms with Crippen molar-refractivity contribution < 1.29 is 19.1 Å². The summed E-state index contributed by atoms with van der Waals surface area (Å²) in [4.78, 5) is 24.9. The number of amides is 1. The third-order valence-electron chi connectivity index (χ3n) is 2.81. The molecule has 0 radical (unpaired) electrons. The van der Waals surface area contributed by atoms with Gasteiger partial charge in [-0.1, -0.05) is 34.1 Å². The maximum Gasteiger partial charge on any atom is 0.411 e. The van der Waals surface area contributed by atoms with E-state index in [4.69, 9.17) is 9.47 Å². The summed E-state index contributed by atoms with van der Waals surface area (Å²) in [5.41, 5.74) is 0.331. The fourth-order valence-electron chi connectivity index (χ4n) is 1.55. The molecule has 5 nitrogen and oxygen atoms in total. The van der Waals surface area contributed by atoms with Gasteiger partial charge in [0.25, 0.3) is 0 Å². The molecule has 0 spiro atoms. The number of unbranched alkanes of at least 4 members (excludes halogenated alkanes) is 1. The van der Waals surface area contributed by atoms with E-state index in [0.717, 1.165) is 17.7 Å². The quantitative estimate of drug-likeness (QED) is 0.654. The van der Waals surface area contributed by atoms with Gasteiger partial charge in [0.05, 0.1) is 19.4 Å².